The summed E-state index contributed by atoms with van der Waals surface area (Å²) in [5.41, 5.74) is 5.27. The first-order chi connectivity index (χ1) is 15.1. The standard InChI is InChI=1S/C13H15N3.C12H14N4/c1-13(2,3)16-12-7-9-4-5-14-11(9)6-10(12)8-15-16;1-12(2,3)16-10-6-8-4-5-13-11(8)15-9(10)7-14-16/h4-8,15H,1-3H3;4-7,14H,1-3H3. The molecule has 2 N–H and O–H groups in total. The van der Waals surface area contributed by atoms with E-state index in [2.05, 4.69) is 100 Å². The molecule has 6 rings (SSSR count). The van der Waals surface area contributed by atoms with Gasteiger partial charge in [0.05, 0.1) is 27.6 Å². The van der Waals surface area contributed by atoms with E-state index in [9.17, 15) is 0 Å². The van der Waals surface area contributed by atoms with E-state index in [0.717, 1.165) is 27.6 Å². The Morgan fingerprint density at radius 2 is 1.28 bits per heavy atom. The number of aromatic nitrogens is 7. The van der Waals surface area contributed by atoms with E-state index in [1.165, 1.54) is 16.3 Å². The van der Waals surface area contributed by atoms with Gasteiger partial charge < -0.3 is 10.2 Å². The van der Waals surface area contributed by atoms with Crippen LogP contribution in [0.15, 0.2) is 55.1 Å². The molecule has 1 aromatic carbocycles. The van der Waals surface area contributed by atoms with Crippen molar-refractivity contribution < 1.29 is 0 Å². The topological polar surface area (TPSA) is 80.1 Å². The number of rotatable bonds is 0. The monoisotopic (exact) mass is 427 g/mol. The molecule has 7 heteroatoms. The van der Waals surface area contributed by atoms with Gasteiger partial charge in [0, 0.05) is 40.9 Å². The van der Waals surface area contributed by atoms with E-state index >= 15 is 0 Å². The van der Waals surface area contributed by atoms with Crippen LogP contribution in [0.4, 0.5) is 0 Å². The summed E-state index contributed by atoms with van der Waals surface area (Å²) in [6.07, 6.45) is 7.61. The van der Waals surface area contributed by atoms with Crippen LogP contribution < -0.4 is 0 Å². The van der Waals surface area contributed by atoms with Gasteiger partial charge in [0.25, 0.3) is 0 Å². The third-order valence-corrected chi connectivity index (χ3v) is 5.64. The minimum Gasteiger partial charge on any atom is -0.304 e. The molecular formula is C25H29N7. The molecule has 0 bridgehead atoms. The van der Waals surface area contributed by atoms with Crippen LogP contribution in [0, 0.1) is 0 Å². The van der Waals surface area contributed by atoms with Crippen molar-refractivity contribution in [2.24, 2.45) is 0 Å². The number of hydrogen-bond acceptors (Lipinski definition) is 3. The number of hydrogen-bond donors (Lipinski definition) is 2. The number of nitrogens with one attached hydrogen (secondary N) is 2. The van der Waals surface area contributed by atoms with Crippen LogP contribution in [0.25, 0.3) is 43.9 Å². The Hall–Kier alpha value is -3.61. The first-order valence-electron chi connectivity index (χ1n) is 10.9. The van der Waals surface area contributed by atoms with Crippen molar-refractivity contribution in [1.82, 2.24) is 34.5 Å². The smallest absolute Gasteiger partial charge is 0.160 e. The zero-order valence-corrected chi connectivity index (χ0v) is 19.4. The second-order valence-corrected chi connectivity index (χ2v) is 10.2. The van der Waals surface area contributed by atoms with Crippen LogP contribution in [-0.2, 0) is 11.1 Å². The van der Waals surface area contributed by atoms with Gasteiger partial charge in [-0.25, -0.2) is 9.97 Å². The molecule has 0 unspecified atom stereocenters. The van der Waals surface area contributed by atoms with Crippen molar-refractivity contribution in [3.8, 4) is 0 Å². The van der Waals surface area contributed by atoms with Gasteiger partial charge in [-0.15, -0.1) is 0 Å². The van der Waals surface area contributed by atoms with E-state index < -0.39 is 0 Å². The van der Waals surface area contributed by atoms with Crippen molar-refractivity contribution in [3.05, 3.63) is 55.1 Å². The third kappa shape index (κ3) is 3.43. The number of fused-ring (bicyclic) bond motifs is 4. The summed E-state index contributed by atoms with van der Waals surface area (Å²) in [4.78, 5) is 13.0. The molecule has 0 saturated heterocycles. The maximum atomic E-state index is 4.51. The minimum absolute atomic E-state index is 0.0249. The van der Waals surface area contributed by atoms with Gasteiger partial charge in [-0.2, -0.15) is 0 Å². The zero-order valence-electron chi connectivity index (χ0n) is 19.4. The summed E-state index contributed by atoms with van der Waals surface area (Å²) in [5, 5.41) is 10.0. The summed E-state index contributed by atoms with van der Waals surface area (Å²) in [6.45, 7) is 13.1. The summed E-state index contributed by atoms with van der Waals surface area (Å²) in [6, 6.07) is 10.5. The molecule has 0 saturated carbocycles. The molecule has 0 spiro atoms. The van der Waals surface area contributed by atoms with Gasteiger partial charge in [0.1, 0.15) is 5.52 Å². The fourth-order valence-electron chi connectivity index (χ4n) is 4.09. The van der Waals surface area contributed by atoms with Gasteiger partial charge in [-0.05, 0) is 71.9 Å². The van der Waals surface area contributed by atoms with Crippen LogP contribution in [-0.4, -0.2) is 34.5 Å². The van der Waals surface area contributed by atoms with Gasteiger partial charge in [0.2, 0.25) is 0 Å². The Kier molecular flexibility index (Phi) is 4.41. The molecule has 7 nitrogen and oxygen atoms in total. The van der Waals surface area contributed by atoms with Crippen molar-refractivity contribution in [1.29, 1.82) is 0 Å². The summed E-state index contributed by atoms with van der Waals surface area (Å²) in [5.74, 6) is 0. The summed E-state index contributed by atoms with van der Waals surface area (Å²) in [7, 11) is 0. The Morgan fingerprint density at radius 1 is 0.656 bits per heavy atom. The molecule has 0 aliphatic heterocycles. The maximum Gasteiger partial charge on any atom is 0.160 e. The molecular weight excluding hydrogens is 398 g/mol. The van der Waals surface area contributed by atoms with Crippen LogP contribution in [0.3, 0.4) is 0 Å². The molecule has 6 aromatic rings. The van der Waals surface area contributed by atoms with E-state index in [-0.39, 0.29) is 11.1 Å². The number of pyridine rings is 1. The van der Waals surface area contributed by atoms with Gasteiger partial charge in [-0.1, -0.05) is 0 Å². The Labute approximate surface area is 186 Å². The van der Waals surface area contributed by atoms with Crippen LogP contribution in [0.2, 0.25) is 0 Å². The first kappa shape index (κ1) is 20.3. The lowest BCUT2D eigenvalue weighted by molar-refractivity contribution is 0.368. The summed E-state index contributed by atoms with van der Waals surface area (Å²) >= 11 is 0. The maximum absolute atomic E-state index is 4.51. The molecule has 0 aliphatic rings. The van der Waals surface area contributed by atoms with E-state index in [1.54, 1.807) is 6.20 Å². The van der Waals surface area contributed by atoms with Crippen LogP contribution in [0.1, 0.15) is 41.5 Å². The lowest BCUT2D eigenvalue weighted by Gasteiger charge is -2.21. The van der Waals surface area contributed by atoms with E-state index in [0.29, 0.717) is 0 Å². The van der Waals surface area contributed by atoms with Crippen molar-refractivity contribution in [2.75, 3.05) is 0 Å². The van der Waals surface area contributed by atoms with Gasteiger partial charge >= 0.3 is 0 Å². The minimum atomic E-state index is 0.0249. The molecule has 0 fully saturated rings. The van der Waals surface area contributed by atoms with Crippen LogP contribution >= 0.6 is 0 Å². The molecule has 0 radical (unpaired) electrons. The number of nitrogens with zero attached hydrogens (tertiary/aromatic N) is 5. The number of benzene rings is 1. The van der Waals surface area contributed by atoms with E-state index in [4.69, 9.17) is 0 Å². The fraction of sp³-hybridized carbons (Fsp3) is 0.320. The lowest BCUT2D eigenvalue weighted by atomic mass is 10.1. The second-order valence-electron chi connectivity index (χ2n) is 10.2. The van der Waals surface area contributed by atoms with Gasteiger partial charge in [-0.3, -0.25) is 14.3 Å². The summed E-state index contributed by atoms with van der Waals surface area (Å²) < 4.78 is 4.32. The highest BCUT2D eigenvalue weighted by atomic mass is 15.3. The fourth-order valence-corrected chi connectivity index (χ4v) is 4.09. The highest BCUT2D eigenvalue weighted by Gasteiger charge is 2.17. The van der Waals surface area contributed by atoms with Crippen molar-refractivity contribution in [2.45, 2.75) is 52.6 Å². The average molecular weight is 428 g/mol. The molecule has 5 aromatic heterocycles. The molecule has 32 heavy (non-hydrogen) atoms. The highest BCUT2D eigenvalue weighted by molar-refractivity contribution is 5.95. The average Bonchev–Trinajstić information content (AvgIpc) is 3.47. The Bertz CT molecular complexity index is 1430. The molecule has 5 heterocycles. The molecule has 0 aliphatic carbocycles. The third-order valence-electron chi connectivity index (χ3n) is 5.64. The van der Waals surface area contributed by atoms with Gasteiger partial charge in [0.15, 0.2) is 5.65 Å². The van der Waals surface area contributed by atoms with Crippen LogP contribution in [0.5, 0.6) is 0 Å². The van der Waals surface area contributed by atoms with E-state index in [1.807, 2.05) is 24.7 Å². The molecule has 0 atom stereocenters. The predicted octanol–water partition coefficient (Wildman–Crippen LogP) is 5.94. The van der Waals surface area contributed by atoms with Crippen molar-refractivity contribution in [3.63, 3.8) is 0 Å². The van der Waals surface area contributed by atoms with Crippen molar-refractivity contribution >= 4 is 43.9 Å². The molecule has 0 amide bonds. The quantitative estimate of drug-likeness (QED) is 0.315. The molecule has 164 valence electrons. The highest BCUT2D eigenvalue weighted by Crippen LogP contribution is 2.26. The normalized spacial score (nSPS) is 12.7. The first-order valence-corrected chi connectivity index (χ1v) is 10.9. The predicted molar refractivity (Wildman–Crippen MR) is 131 cm³/mol. The SMILES string of the molecule is CC(C)(C)n1[nH]cc2cc3nccc3cc21.CC(C)(C)n1[nH]cc2nc3nccc3cc21. The largest absolute Gasteiger partial charge is 0.304 e. The Balaban J connectivity index is 0.000000135. The zero-order chi connectivity index (χ0) is 22.7. The Morgan fingerprint density at radius 3 is 2.03 bits per heavy atom. The number of H-pyrrole nitrogens is 2. The lowest BCUT2D eigenvalue weighted by Crippen LogP contribution is -2.22. The number of aromatic amines is 2. The second kappa shape index (κ2) is 6.95.